The average Bonchev–Trinajstić information content (AvgIpc) is 2.78. The summed E-state index contributed by atoms with van der Waals surface area (Å²) in [6.07, 6.45) is 0.0292. The molecule has 0 saturated carbocycles. The minimum atomic E-state index is -1.58. The number of likely N-dealkylation sites (N-methyl/N-ethyl adjacent to an activating group) is 1. The van der Waals surface area contributed by atoms with Crippen molar-refractivity contribution in [2.24, 2.45) is 0 Å². The Labute approximate surface area is 188 Å². The lowest BCUT2D eigenvalue weighted by molar-refractivity contribution is -0.153. The lowest BCUT2D eigenvalue weighted by Crippen LogP contribution is -2.62. The first kappa shape index (κ1) is 24.0. The Bertz CT molecular complexity index is 988. The summed E-state index contributed by atoms with van der Waals surface area (Å²) in [6.45, 7) is 1.26. The smallest absolute Gasteiger partial charge is 0.534 e. The minimum Gasteiger partial charge on any atom is -0.534 e. The molecule has 33 heavy (non-hydrogen) atoms. The van der Waals surface area contributed by atoms with E-state index in [9.17, 15) is 39.2 Å². The zero-order valence-electron chi connectivity index (χ0n) is 17.7. The molecule has 0 aliphatic carbocycles. The first-order valence-corrected chi connectivity index (χ1v) is 10.2. The summed E-state index contributed by atoms with van der Waals surface area (Å²) in [5.41, 5.74) is 0.298. The highest BCUT2D eigenvalue weighted by Crippen LogP contribution is 2.30. The number of aliphatic hydroxyl groups is 1. The van der Waals surface area contributed by atoms with E-state index in [4.69, 9.17) is 4.65 Å². The Balaban J connectivity index is 1.65. The van der Waals surface area contributed by atoms with Crippen molar-refractivity contribution in [2.45, 2.75) is 25.3 Å². The number of amides is 5. The van der Waals surface area contributed by atoms with Gasteiger partial charge in [-0.05, 0) is 25.0 Å². The Morgan fingerprint density at radius 3 is 2.61 bits per heavy atom. The van der Waals surface area contributed by atoms with Crippen LogP contribution in [0.15, 0.2) is 18.2 Å². The fourth-order valence-electron chi connectivity index (χ4n) is 3.59. The monoisotopic (exact) mass is 462 g/mol. The van der Waals surface area contributed by atoms with Gasteiger partial charge in [0.1, 0.15) is 11.8 Å². The number of carbonyl (C=O) groups is 5. The van der Waals surface area contributed by atoms with Gasteiger partial charge in [0.05, 0.1) is 18.1 Å². The summed E-state index contributed by atoms with van der Waals surface area (Å²) in [6, 6.07) is 1.89. The Hall–Kier alpha value is -3.65. The van der Waals surface area contributed by atoms with Crippen molar-refractivity contribution in [3.63, 3.8) is 0 Å². The van der Waals surface area contributed by atoms with Crippen LogP contribution in [0.2, 0.25) is 0 Å². The number of para-hydroxylation sites is 1. The van der Waals surface area contributed by atoms with Gasteiger partial charge in [-0.2, -0.15) is 0 Å². The SMILES string of the molecule is CCN1CCN(C(=O)NC(CO)C(=O)N[C@H]2Cc3cccc(C(=O)O)c3OB2O)C(=O)C1=O. The average molecular weight is 462 g/mol. The second-order valence-electron chi connectivity index (χ2n) is 7.45. The molecule has 5 amide bonds. The summed E-state index contributed by atoms with van der Waals surface area (Å²) in [7, 11) is -1.58. The number of carbonyl (C=O) groups excluding carboxylic acids is 4. The molecule has 13 nitrogen and oxygen atoms in total. The van der Waals surface area contributed by atoms with Gasteiger partial charge in [0.2, 0.25) is 5.91 Å². The van der Waals surface area contributed by atoms with Gasteiger partial charge < -0.3 is 35.4 Å². The Morgan fingerprint density at radius 1 is 1.24 bits per heavy atom. The summed E-state index contributed by atoms with van der Waals surface area (Å²) in [5, 5.41) is 33.7. The highest BCUT2D eigenvalue weighted by Gasteiger charge is 2.40. The van der Waals surface area contributed by atoms with Crippen molar-refractivity contribution in [3.8, 4) is 5.75 Å². The fourth-order valence-corrected chi connectivity index (χ4v) is 3.59. The molecule has 2 heterocycles. The largest absolute Gasteiger partial charge is 0.547 e. The number of urea groups is 1. The highest BCUT2D eigenvalue weighted by molar-refractivity contribution is 6.47. The number of rotatable bonds is 6. The molecule has 0 aromatic heterocycles. The quantitative estimate of drug-likeness (QED) is 0.227. The molecule has 1 aromatic carbocycles. The van der Waals surface area contributed by atoms with Crippen LogP contribution in [0.5, 0.6) is 5.75 Å². The van der Waals surface area contributed by atoms with Crippen LogP contribution in [0, 0.1) is 0 Å². The number of nitrogens with zero attached hydrogens (tertiary/aromatic N) is 2. The van der Waals surface area contributed by atoms with Crippen LogP contribution in [0.1, 0.15) is 22.8 Å². The van der Waals surface area contributed by atoms with Crippen LogP contribution in [-0.4, -0.2) is 100 Å². The topological polar surface area (TPSA) is 186 Å². The molecule has 1 aromatic rings. The molecular formula is C19H23BN4O9. The molecule has 2 atom stereocenters. The molecule has 1 saturated heterocycles. The molecule has 0 radical (unpaired) electrons. The zero-order chi connectivity index (χ0) is 24.3. The van der Waals surface area contributed by atoms with Crippen LogP contribution in [0.4, 0.5) is 4.79 Å². The van der Waals surface area contributed by atoms with E-state index in [0.717, 1.165) is 0 Å². The molecule has 2 aliphatic heterocycles. The third kappa shape index (κ3) is 4.91. The number of fused-ring (bicyclic) bond motifs is 1. The maximum atomic E-state index is 12.6. The molecule has 5 N–H and O–H groups in total. The lowest BCUT2D eigenvalue weighted by Gasteiger charge is -2.33. The molecule has 2 aliphatic rings. The molecule has 3 rings (SSSR count). The number of nitrogens with one attached hydrogen (secondary N) is 2. The van der Waals surface area contributed by atoms with Gasteiger partial charge in [-0.15, -0.1) is 0 Å². The van der Waals surface area contributed by atoms with Crippen molar-refractivity contribution < 1.29 is 43.9 Å². The Kier molecular flexibility index (Phi) is 7.18. The van der Waals surface area contributed by atoms with E-state index in [1.165, 1.54) is 17.0 Å². The van der Waals surface area contributed by atoms with E-state index in [1.54, 1.807) is 13.0 Å². The van der Waals surface area contributed by atoms with Gasteiger partial charge in [0.25, 0.3) is 0 Å². The maximum Gasteiger partial charge on any atom is 0.547 e. The highest BCUT2D eigenvalue weighted by atomic mass is 16.5. The van der Waals surface area contributed by atoms with Crippen LogP contribution < -0.4 is 15.3 Å². The molecular weight excluding hydrogens is 439 g/mol. The predicted octanol–water partition coefficient (Wildman–Crippen LogP) is -2.41. The zero-order valence-corrected chi connectivity index (χ0v) is 17.7. The first-order valence-electron chi connectivity index (χ1n) is 10.2. The summed E-state index contributed by atoms with van der Waals surface area (Å²) >= 11 is 0. The van der Waals surface area contributed by atoms with Crippen LogP contribution in [0.3, 0.4) is 0 Å². The number of imide groups is 1. The van der Waals surface area contributed by atoms with Crippen molar-refractivity contribution in [3.05, 3.63) is 29.3 Å². The van der Waals surface area contributed by atoms with Crippen molar-refractivity contribution >= 4 is 36.8 Å². The minimum absolute atomic E-state index is 0.00980. The number of aromatic carboxylic acids is 1. The third-order valence-electron chi connectivity index (χ3n) is 5.41. The summed E-state index contributed by atoms with van der Waals surface area (Å²) < 4.78 is 5.29. The van der Waals surface area contributed by atoms with Crippen LogP contribution >= 0.6 is 0 Å². The van der Waals surface area contributed by atoms with Gasteiger partial charge >= 0.3 is 30.9 Å². The Morgan fingerprint density at radius 2 is 1.97 bits per heavy atom. The van der Waals surface area contributed by atoms with Crippen molar-refractivity contribution in [2.75, 3.05) is 26.2 Å². The van der Waals surface area contributed by atoms with Crippen LogP contribution in [-0.2, 0) is 20.8 Å². The van der Waals surface area contributed by atoms with Gasteiger partial charge in [0.15, 0.2) is 0 Å². The normalized spacial score (nSPS) is 18.9. The first-order chi connectivity index (χ1) is 15.7. The number of carboxylic acid groups (broad SMARTS) is 1. The summed E-state index contributed by atoms with van der Waals surface area (Å²) in [4.78, 5) is 62.4. The molecule has 1 fully saturated rings. The number of hydrogen-bond acceptors (Lipinski definition) is 8. The van der Waals surface area contributed by atoms with E-state index in [0.29, 0.717) is 17.0 Å². The lowest BCUT2D eigenvalue weighted by atomic mass is 9.72. The van der Waals surface area contributed by atoms with Gasteiger partial charge in [0, 0.05) is 19.6 Å². The van der Waals surface area contributed by atoms with Crippen LogP contribution in [0.25, 0.3) is 0 Å². The second kappa shape index (κ2) is 9.87. The van der Waals surface area contributed by atoms with E-state index in [1.807, 2.05) is 0 Å². The van der Waals surface area contributed by atoms with E-state index < -0.39 is 55.4 Å². The molecule has 14 heteroatoms. The maximum absolute atomic E-state index is 12.6. The number of aliphatic hydroxyl groups excluding tert-OH is 1. The van der Waals surface area contributed by atoms with E-state index >= 15 is 0 Å². The predicted molar refractivity (Wildman–Crippen MR) is 111 cm³/mol. The number of benzene rings is 1. The van der Waals surface area contributed by atoms with Gasteiger partial charge in [-0.3, -0.25) is 19.3 Å². The van der Waals surface area contributed by atoms with Crippen molar-refractivity contribution in [1.29, 1.82) is 0 Å². The molecule has 176 valence electrons. The standard InChI is InChI=1S/C19H23BN4O9/c1-2-23-6-7-24(17(28)16(23)27)19(31)21-12(9-25)15(26)22-13-8-10-4-3-5-11(18(29)30)14(10)33-20(13)32/h3-5,12-13,25,32H,2,6-9H2,1H3,(H,21,31)(H,22,26)(H,29,30)/t12?,13-/m0/s1. The number of hydrogen-bond donors (Lipinski definition) is 5. The summed E-state index contributed by atoms with van der Waals surface area (Å²) in [5.74, 6) is -5.01. The van der Waals surface area contributed by atoms with E-state index in [-0.39, 0.29) is 30.8 Å². The number of carboxylic acids is 1. The second-order valence-corrected chi connectivity index (χ2v) is 7.45. The number of piperazine rings is 1. The van der Waals surface area contributed by atoms with Crippen molar-refractivity contribution in [1.82, 2.24) is 20.4 Å². The van der Waals surface area contributed by atoms with Gasteiger partial charge in [-0.1, -0.05) is 12.1 Å². The molecule has 1 unspecified atom stereocenters. The fraction of sp³-hybridized carbons (Fsp3) is 0.421. The third-order valence-corrected chi connectivity index (χ3v) is 5.41. The van der Waals surface area contributed by atoms with Gasteiger partial charge in [-0.25, -0.2) is 9.59 Å². The van der Waals surface area contributed by atoms with E-state index in [2.05, 4.69) is 10.6 Å². The molecule has 0 bridgehead atoms. The molecule has 0 spiro atoms.